The largest absolute Gasteiger partial charge is 0.477 e. The third-order valence-corrected chi connectivity index (χ3v) is 7.32. The SMILES string of the molecule is O=C(O)C1(O)C[C@@H](O)[C@@H](O[C@H]2O[C@H]([C@@H](O)CO)[C@@H](O)[C@H](O[C@H]3O[C@H]([C@@H](O)CO)[C@@H](O)[C@H](O)[C@@H]3O)[C@@H]2O)[C@@H]([C@H](O)CO)O1. The molecule has 17 atom stereocenters. The first-order valence-corrected chi connectivity index (χ1v) is 12.8. The van der Waals surface area contributed by atoms with Gasteiger partial charge in [-0.25, -0.2) is 4.79 Å². The zero-order valence-electron chi connectivity index (χ0n) is 21.8. The van der Waals surface area contributed by atoms with Gasteiger partial charge in [0.15, 0.2) is 12.6 Å². The maximum Gasteiger partial charge on any atom is 0.364 e. The molecule has 14 N–H and O–H groups in total. The molecule has 0 aliphatic carbocycles. The van der Waals surface area contributed by atoms with Gasteiger partial charge in [0.1, 0.15) is 79.4 Å². The number of aliphatic carboxylic acids is 1. The molecule has 0 aromatic carbocycles. The molecule has 0 spiro atoms. The Morgan fingerprint density at radius 3 is 1.64 bits per heavy atom. The first kappa shape index (κ1) is 35.2. The number of hydrogen-bond donors (Lipinski definition) is 14. The van der Waals surface area contributed by atoms with Crippen LogP contribution in [0.4, 0.5) is 0 Å². The van der Waals surface area contributed by atoms with E-state index in [1.54, 1.807) is 0 Å². The Labute approximate surface area is 236 Å². The second kappa shape index (κ2) is 14.2. The van der Waals surface area contributed by atoms with Gasteiger partial charge in [-0.05, 0) is 0 Å². The van der Waals surface area contributed by atoms with Crippen LogP contribution < -0.4 is 0 Å². The van der Waals surface area contributed by atoms with E-state index in [0.29, 0.717) is 0 Å². The van der Waals surface area contributed by atoms with E-state index in [2.05, 4.69) is 0 Å². The van der Waals surface area contributed by atoms with E-state index in [9.17, 15) is 76.3 Å². The normalized spacial score (nSPS) is 47.0. The fraction of sp³-hybridized carbons (Fsp3) is 0.955. The Morgan fingerprint density at radius 1 is 0.690 bits per heavy atom. The zero-order chi connectivity index (χ0) is 31.7. The molecule has 0 radical (unpaired) electrons. The Hall–Kier alpha value is -1.25. The summed E-state index contributed by atoms with van der Waals surface area (Å²) in [7, 11) is 0. The molecule has 0 aromatic rings. The maximum absolute atomic E-state index is 11.5. The molecule has 3 rings (SSSR count). The van der Waals surface area contributed by atoms with E-state index < -0.39 is 136 Å². The van der Waals surface area contributed by atoms with Gasteiger partial charge in [-0.15, -0.1) is 0 Å². The molecule has 0 bridgehead atoms. The standard InChI is InChI=1S/C22H38O20/c23-2-6(27)14-10(31)9(30)11(32)19(38-14)41-18-12(33)15(7(28)3-24)39-20(13(18)34)40-16-5(26)1-22(37,21(35)36)42-17(16)8(29)4-25/h5-20,23-34,37H,1-4H2,(H,35,36)/t5-,6+,7+,8-,9+,10+,11+,12-,13+,14-,15-,16-,17-,18+,19-,20-,22?/m1/s1. The van der Waals surface area contributed by atoms with Gasteiger partial charge in [0, 0.05) is 6.42 Å². The molecular formula is C22H38O20. The minimum atomic E-state index is -3.03. The van der Waals surface area contributed by atoms with Crippen molar-refractivity contribution in [3.05, 3.63) is 0 Å². The molecule has 20 heteroatoms. The summed E-state index contributed by atoms with van der Waals surface area (Å²) in [6, 6.07) is 0. The molecule has 0 saturated carbocycles. The van der Waals surface area contributed by atoms with Crippen LogP contribution in [0.5, 0.6) is 0 Å². The highest BCUT2D eigenvalue weighted by molar-refractivity contribution is 5.75. The second-order valence-electron chi connectivity index (χ2n) is 10.3. The van der Waals surface area contributed by atoms with Crippen LogP contribution in [0.3, 0.4) is 0 Å². The fourth-order valence-electron chi connectivity index (χ4n) is 4.94. The molecule has 3 aliphatic rings. The van der Waals surface area contributed by atoms with Gasteiger partial charge in [0.25, 0.3) is 5.79 Å². The second-order valence-corrected chi connectivity index (χ2v) is 10.3. The molecule has 246 valence electrons. The van der Waals surface area contributed by atoms with Gasteiger partial charge in [-0.3, -0.25) is 0 Å². The molecule has 3 aliphatic heterocycles. The lowest BCUT2D eigenvalue weighted by atomic mass is 9.91. The lowest BCUT2D eigenvalue weighted by Crippen LogP contribution is -2.68. The minimum absolute atomic E-state index is 0.954. The average molecular weight is 623 g/mol. The number of carboxylic acid groups (broad SMARTS) is 1. The highest BCUT2D eigenvalue weighted by Gasteiger charge is 2.57. The van der Waals surface area contributed by atoms with Gasteiger partial charge in [0.05, 0.1) is 25.9 Å². The van der Waals surface area contributed by atoms with E-state index in [0.717, 1.165) is 0 Å². The van der Waals surface area contributed by atoms with Crippen LogP contribution in [0.25, 0.3) is 0 Å². The van der Waals surface area contributed by atoms with E-state index in [-0.39, 0.29) is 0 Å². The summed E-state index contributed by atoms with van der Waals surface area (Å²) in [5, 5.41) is 141. The number of carbonyl (C=O) groups is 1. The van der Waals surface area contributed by atoms with Crippen molar-refractivity contribution in [3.8, 4) is 0 Å². The third-order valence-electron chi connectivity index (χ3n) is 7.32. The quantitative estimate of drug-likeness (QED) is 0.102. The van der Waals surface area contributed by atoms with Crippen LogP contribution >= 0.6 is 0 Å². The van der Waals surface area contributed by atoms with Crippen LogP contribution in [-0.4, -0.2) is 201 Å². The summed E-state index contributed by atoms with van der Waals surface area (Å²) in [5.41, 5.74) is 0. The van der Waals surface area contributed by atoms with Crippen molar-refractivity contribution >= 4 is 5.97 Å². The molecule has 42 heavy (non-hydrogen) atoms. The number of rotatable bonds is 11. The Kier molecular flexibility index (Phi) is 11.9. The predicted octanol–water partition coefficient (Wildman–Crippen LogP) is -9.01. The van der Waals surface area contributed by atoms with E-state index >= 15 is 0 Å². The monoisotopic (exact) mass is 622 g/mol. The van der Waals surface area contributed by atoms with Crippen molar-refractivity contribution in [1.82, 2.24) is 0 Å². The molecule has 3 saturated heterocycles. The zero-order valence-corrected chi connectivity index (χ0v) is 21.8. The van der Waals surface area contributed by atoms with Crippen LogP contribution in [0.1, 0.15) is 6.42 Å². The molecule has 0 amide bonds. The van der Waals surface area contributed by atoms with E-state index in [4.69, 9.17) is 23.7 Å². The maximum atomic E-state index is 11.5. The third kappa shape index (κ3) is 7.01. The van der Waals surface area contributed by atoms with Crippen molar-refractivity contribution in [3.63, 3.8) is 0 Å². The van der Waals surface area contributed by atoms with Crippen LogP contribution in [0, 0.1) is 0 Å². The number of ether oxygens (including phenoxy) is 5. The lowest BCUT2D eigenvalue weighted by molar-refractivity contribution is -0.386. The molecule has 3 fully saturated rings. The van der Waals surface area contributed by atoms with E-state index in [1.165, 1.54) is 0 Å². The minimum Gasteiger partial charge on any atom is -0.477 e. The van der Waals surface area contributed by atoms with Gasteiger partial charge in [-0.2, -0.15) is 0 Å². The molecule has 20 nitrogen and oxygen atoms in total. The van der Waals surface area contributed by atoms with Crippen LogP contribution in [-0.2, 0) is 28.5 Å². The summed E-state index contributed by atoms with van der Waals surface area (Å²) in [5.74, 6) is -4.98. The number of aliphatic hydroxyl groups excluding tert-OH is 12. The number of aliphatic hydroxyl groups is 13. The number of hydrogen-bond acceptors (Lipinski definition) is 19. The van der Waals surface area contributed by atoms with Gasteiger partial charge in [-0.1, -0.05) is 0 Å². The smallest absolute Gasteiger partial charge is 0.364 e. The first-order valence-electron chi connectivity index (χ1n) is 12.8. The van der Waals surface area contributed by atoms with Crippen molar-refractivity contribution in [2.24, 2.45) is 0 Å². The molecule has 0 aromatic heterocycles. The topological polar surface area (TPSA) is 346 Å². The Bertz CT molecular complexity index is 881. The first-order chi connectivity index (χ1) is 19.6. The predicted molar refractivity (Wildman–Crippen MR) is 124 cm³/mol. The summed E-state index contributed by atoms with van der Waals surface area (Å²) in [6.07, 6.45) is -32.4. The van der Waals surface area contributed by atoms with Gasteiger partial charge in [0.2, 0.25) is 0 Å². The molecular weight excluding hydrogens is 584 g/mol. The summed E-state index contributed by atoms with van der Waals surface area (Å²) < 4.78 is 26.6. The van der Waals surface area contributed by atoms with Crippen LogP contribution in [0.2, 0.25) is 0 Å². The Balaban J connectivity index is 1.90. The summed E-state index contributed by atoms with van der Waals surface area (Å²) in [4.78, 5) is 11.5. The van der Waals surface area contributed by atoms with Crippen LogP contribution in [0.15, 0.2) is 0 Å². The summed E-state index contributed by atoms with van der Waals surface area (Å²) >= 11 is 0. The molecule has 1 unspecified atom stereocenters. The summed E-state index contributed by atoms with van der Waals surface area (Å²) in [6.45, 7) is -3.06. The van der Waals surface area contributed by atoms with Gasteiger partial charge >= 0.3 is 5.97 Å². The van der Waals surface area contributed by atoms with Gasteiger partial charge < -0.3 is 95.2 Å². The van der Waals surface area contributed by atoms with E-state index in [1.807, 2.05) is 0 Å². The highest BCUT2D eigenvalue weighted by atomic mass is 16.8. The molecule has 3 heterocycles. The van der Waals surface area contributed by atoms with Crippen molar-refractivity contribution in [1.29, 1.82) is 0 Å². The fourth-order valence-corrected chi connectivity index (χ4v) is 4.94. The van der Waals surface area contributed by atoms with Crippen molar-refractivity contribution in [2.75, 3.05) is 19.8 Å². The highest BCUT2D eigenvalue weighted by Crippen LogP contribution is 2.36. The van der Waals surface area contributed by atoms with Crippen molar-refractivity contribution in [2.45, 2.75) is 110 Å². The average Bonchev–Trinajstić information content (AvgIpc) is 2.96. The number of carboxylic acids is 1. The Morgan fingerprint density at radius 2 is 1.14 bits per heavy atom. The van der Waals surface area contributed by atoms with Crippen molar-refractivity contribution < 1.29 is 100.0 Å². The lowest BCUT2D eigenvalue weighted by Gasteiger charge is -2.49.